The molecule has 6 nitrogen and oxygen atoms in total. The number of aliphatic carboxylic acids is 2. The van der Waals surface area contributed by atoms with Crippen LogP contribution < -0.4 is 5.32 Å². The van der Waals surface area contributed by atoms with E-state index in [1.165, 1.54) is 0 Å². The highest BCUT2D eigenvalue weighted by atomic mass is 32.2. The van der Waals surface area contributed by atoms with Crippen LogP contribution in [0.2, 0.25) is 0 Å². The van der Waals surface area contributed by atoms with Crippen molar-refractivity contribution in [1.82, 2.24) is 5.32 Å². The quantitative estimate of drug-likeness (QED) is 0.526. The van der Waals surface area contributed by atoms with Crippen LogP contribution in [0.25, 0.3) is 0 Å². The Labute approximate surface area is 124 Å². The monoisotopic (exact) mass is 307 g/mol. The molecule has 0 radical (unpaired) electrons. The minimum atomic E-state index is -0.981. The van der Waals surface area contributed by atoms with E-state index < -0.39 is 18.0 Å². The van der Waals surface area contributed by atoms with Crippen molar-refractivity contribution >= 4 is 23.7 Å². The lowest BCUT2D eigenvalue weighted by molar-refractivity contribution is -0.139. The van der Waals surface area contributed by atoms with Gasteiger partial charge in [-0.1, -0.05) is 6.58 Å². The lowest BCUT2D eigenvalue weighted by Gasteiger charge is -2.15. The van der Waals surface area contributed by atoms with Crippen LogP contribution in [0.3, 0.4) is 0 Å². The van der Waals surface area contributed by atoms with Gasteiger partial charge in [0.05, 0.1) is 6.10 Å². The summed E-state index contributed by atoms with van der Waals surface area (Å²) >= 11 is 1.66. The Morgan fingerprint density at radius 2 is 1.95 bits per heavy atom. The van der Waals surface area contributed by atoms with Crippen molar-refractivity contribution < 1.29 is 24.5 Å². The molecule has 7 heteroatoms. The lowest BCUT2D eigenvalue weighted by atomic mass is 10.2. The maximum absolute atomic E-state index is 10.8. The largest absolute Gasteiger partial charge is 0.480 e. The zero-order valence-electron chi connectivity index (χ0n) is 12.3. The van der Waals surface area contributed by atoms with Crippen LogP contribution in [0.5, 0.6) is 0 Å². The summed E-state index contributed by atoms with van der Waals surface area (Å²) in [6, 6.07) is -0.429. The van der Waals surface area contributed by atoms with E-state index in [0.29, 0.717) is 13.0 Å². The van der Waals surface area contributed by atoms with Crippen molar-refractivity contribution in [2.24, 2.45) is 0 Å². The molecule has 0 rings (SSSR count). The van der Waals surface area contributed by atoms with E-state index in [4.69, 9.17) is 14.9 Å². The maximum atomic E-state index is 10.8. The third kappa shape index (κ3) is 15.0. The summed E-state index contributed by atoms with van der Waals surface area (Å²) in [4.78, 5) is 20.1. The zero-order chi connectivity index (χ0) is 16.0. The minimum Gasteiger partial charge on any atom is -0.480 e. The average Bonchev–Trinajstić information content (AvgIpc) is 2.42. The van der Waals surface area contributed by atoms with Crippen LogP contribution in [-0.4, -0.2) is 60.0 Å². The summed E-state index contributed by atoms with van der Waals surface area (Å²) in [6.07, 6.45) is 4.48. The molecule has 0 spiro atoms. The van der Waals surface area contributed by atoms with E-state index in [0.717, 1.165) is 18.2 Å². The number of carboxylic acid groups (broad SMARTS) is 2. The topological polar surface area (TPSA) is 95.9 Å². The molecule has 20 heavy (non-hydrogen) atoms. The van der Waals surface area contributed by atoms with Crippen LogP contribution in [0, 0.1) is 0 Å². The Bertz CT molecular complexity index is 286. The van der Waals surface area contributed by atoms with Crippen LogP contribution in [0.4, 0.5) is 0 Å². The van der Waals surface area contributed by atoms with Crippen molar-refractivity contribution in [3.8, 4) is 0 Å². The fraction of sp³-hybridized carbons (Fsp3) is 0.692. The smallest absolute Gasteiger partial charge is 0.327 e. The molecule has 0 aromatic rings. The third-order valence-corrected chi connectivity index (χ3v) is 3.07. The molecule has 3 N–H and O–H groups in total. The first kappa shape index (κ1) is 21.3. The molecule has 0 aliphatic heterocycles. The Kier molecular flexibility index (Phi) is 15.3. The SMILES string of the molecule is C=CC(=O)O.COC(C)CCN[C@@H](CCSC)C(=O)O. The number of carbonyl (C=O) groups is 2. The predicted octanol–water partition coefficient (Wildman–Crippen LogP) is 1.46. The maximum Gasteiger partial charge on any atom is 0.327 e. The van der Waals surface area contributed by atoms with Crippen molar-refractivity contribution in [2.75, 3.05) is 25.7 Å². The van der Waals surface area contributed by atoms with E-state index in [-0.39, 0.29) is 6.10 Å². The average molecular weight is 307 g/mol. The van der Waals surface area contributed by atoms with Gasteiger partial charge in [0.2, 0.25) is 0 Å². The molecule has 0 aromatic carbocycles. The molecule has 0 aromatic heterocycles. The van der Waals surface area contributed by atoms with Gasteiger partial charge in [0.15, 0.2) is 0 Å². The van der Waals surface area contributed by atoms with E-state index in [2.05, 4.69) is 11.9 Å². The minimum absolute atomic E-state index is 0.174. The van der Waals surface area contributed by atoms with Crippen molar-refractivity contribution in [3.63, 3.8) is 0 Å². The molecule has 1 unspecified atom stereocenters. The highest BCUT2D eigenvalue weighted by molar-refractivity contribution is 7.98. The van der Waals surface area contributed by atoms with Gasteiger partial charge in [-0.15, -0.1) is 0 Å². The van der Waals surface area contributed by atoms with Gasteiger partial charge >= 0.3 is 11.9 Å². The molecule has 0 amide bonds. The number of ether oxygens (including phenoxy) is 1. The van der Waals surface area contributed by atoms with Crippen LogP contribution in [0.15, 0.2) is 12.7 Å². The lowest BCUT2D eigenvalue weighted by Crippen LogP contribution is -2.38. The Morgan fingerprint density at radius 3 is 2.30 bits per heavy atom. The molecule has 0 aliphatic rings. The second kappa shape index (κ2) is 14.4. The molecule has 118 valence electrons. The molecule has 0 heterocycles. The first-order valence-corrected chi connectivity index (χ1v) is 7.61. The standard InChI is InChI=1S/C10H21NO3S.C3H4O2/c1-8(14-2)4-6-11-9(10(12)13)5-7-15-3;1-2-3(4)5/h8-9,11H,4-7H2,1-3H3,(H,12,13);2H,1H2,(H,4,5)/t8?,9-;/m0./s1. The molecular formula is C13H25NO5S. The Balaban J connectivity index is 0. The van der Waals surface area contributed by atoms with Gasteiger partial charge in [0.25, 0.3) is 0 Å². The number of hydrogen-bond acceptors (Lipinski definition) is 5. The van der Waals surface area contributed by atoms with Gasteiger partial charge in [-0.25, -0.2) is 4.79 Å². The highest BCUT2D eigenvalue weighted by Crippen LogP contribution is 2.02. The molecule has 0 aliphatic carbocycles. The van der Waals surface area contributed by atoms with Crippen LogP contribution in [0.1, 0.15) is 19.8 Å². The van der Waals surface area contributed by atoms with Gasteiger partial charge in [-0.05, 0) is 38.3 Å². The fourth-order valence-electron chi connectivity index (χ4n) is 1.13. The van der Waals surface area contributed by atoms with E-state index >= 15 is 0 Å². The molecule has 2 atom stereocenters. The second-order valence-corrected chi connectivity index (χ2v) is 4.99. The van der Waals surface area contributed by atoms with Crippen molar-refractivity contribution in [1.29, 1.82) is 0 Å². The number of carboxylic acids is 2. The molecule has 0 fully saturated rings. The van der Waals surface area contributed by atoms with Gasteiger partial charge < -0.3 is 20.3 Å². The first-order valence-electron chi connectivity index (χ1n) is 6.22. The summed E-state index contributed by atoms with van der Waals surface area (Å²) in [7, 11) is 1.66. The predicted molar refractivity (Wildman–Crippen MR) is 81.3 cm³/mol. The number of nitrogens with one attached hydrogen (secondary N) is 1. The molecule has 0 saturated heterocycles. The number of methoxy groups -OCH3 is 1. The summed E-state index contributed by atoms with van der Waals surface area (Å²) < 4.78 is 5.08. The fourth-order valence-corrected chi connectivity index (χ4v) is 1.60. The molecule has 0 bridgehead atoms. The summed E-state index contributed by atoms with van der Waals surface area (Å²) in [5.74, 6) is -0.886. The summed E-state index contributed by atoms with van der Waals surface area (Å²) in [6.45, 7) is 5.61. The summed E-state index contributed by atoms with van der Waals surface area (Å²) in [5.41, 5.74) is 0. The Hall–Kier alpha value is -1.05. The highest BCUT2D eigenvalue weighted by Gasteiger charge is 2.15. The van der Waals surface area contributed by atoms with Gasteiger partial charge in [0.1, 0.15) is 6.04 Å². The first-order chi connectivity index (χ1) is 9.38. The number of hydrogen-bond donors (Lipinski definition) is 3. The van der Waals surface area contributed by atoms with Gasteiger partial charge in [-0.2, -0.15) is 11.8 Å². The molecular weight excluding hydrogens is 282 g/mol. The van der Waals surface area contributed by atoms with E-state index in [1.54, 1.807) is 18.9 Å². The number of rotatable bonds is 10. The van der Waals surface area contributed by atoms with Crippen LogP contribution >= 0.6 is 11.8 Å². The van der Waals surface area contributed by atoms with Gasteiger partial charge in [-0.3, -0.25) is 4.79 Å². The van der Waals surface area contributed by atoms with E-state index in [1.807, 2.05) is 13.2 Å². The second-order valence-electron chi connectivity index (χ2n) is 4.00. The van der Waals surface area contributed by atoms with Crippen LogP contribution in [-0.2, 0) is 14.3 Å². The normalized spacial score (nSPS) is 12.8. The molecule has 0 saturated carbocycles. The van der Waals surface area contributed by atoms with Crippen molar-refractivity contribution in [3.05, 3.63) is 12.7 Å². The third-order valence-electron chi connectivity index (χ3n) is 2.43. The summed E-state index contributed by atoms with van der Waals surface area (Å²) in [5, 5.41) is 19.5. The number of thioether (sulfide) groups is 1. The zero-order valence-corrected chi connectivity index (χ0v) is 13.1. The Morgan fingerprint density at radius 1 is 1.40 bits per heavy atom. The van der Waals surface area contributed by atoms with Crippen molar-refractivity contribution in [2.45, 2.75) is 31.9 Å². The van der Waals surface area contributed by atoms with Gasteiger partial charge in [0, 0.05) is 13.2 Å². The van der Waals surface area contributed by atoms with E-state index in [9.17, 15) is 9.59 Å².